The molecule has 4 aromatic heterocycles. The van der Waals surface area contributed by atoms with Crippen LogP contribution in [-0.2, 0) is 48.0 Å². The number of aliphatic hydroxyl groups is 1. The highest BCUT2D eigenvalue weighted by Crippen LogP contribution is 2.36. The average molecular weight is 1230 g/mol. The van der Waals surface area contributed by atoms with Gasteiger partial charge >= 0.3 is 12.0 Å². The van der Waals surface area contributed by atoms with E-state index in [2.05, 4.69) is 55.9 Å². The molecule has 0 saturated carbocycles. The average Bonchev–Trinajstić information content (AvgIpc) is 1.04. The number of nitriles is 1. The summed E-state index contributed by atoms with van der Waals surface area (Å²) in [6.45, 7) is 6.26. The number of hydrazone groups is 1. The van der Waals surface area contributed by atoms with Crippen molar-refractivity contribution in [3.63, 3.8) is 0 Å². The van der Waals surface area contributed by atoms with Crippen molar-refractivity contribution >= 4 is 68.9 Å². The normalized spacial score (nSPS) is 12.3. The highest BCUT2D eigenvalue weighted by molar-refractivity contribution is 6.35. The summed E-state index contributed by atoms with van der Waals surface area (Å²) in [7, 11) is 0. The molecule has 0 saturated heterocycles. The van der Waals surface area contributed by atoms with Crippen LogP contribution in [0.3, 0.4) is 0 Å². The number of hydrogen-bond acceptors (Lipinski definition) is 20. The van der Waals surface area contributed by atoms with Crippen LogP contribution in [0.1, 0.15) is 89.2 Å². The van der Waals surface area contributed by atoms with Crippen molar-refractivity contribution in [2.45, 2.75) is 77.5 Å². The molecule has 3 aromatic carbocycles. The number of nitrogens with one attached hydrogen (secondary N) is 4. The van der Waals surface area contributed by atoms with Crippen LogP contribution in [0.2, 0.25) is 5.02 Å². The number of nitrogens with zero attached hydrogens (tertiary/aromatic N) is 8. The quantitative estimate of drug-likeness (QED) is 0.00933. The molecular weight excluding hydrogens is 1160 g/mol. The number of benzene rings is 3. The van der Waals surface area contributed by atoms with Crippen LogP contribution in [0.5, 0.6) is 6.01 Å². The van der Waals surface area contributed by atoms with Crippen molar-refractivity contribution in [3.05, 3.63) is 145 Å². The summed E-state index contributed by atoms with van der Waals surface area (Å²) in [4.78, 5) is 78.3. The third-order valence-electron chi connectivity index (χ3n) is 13.5. The van der Waals surface area contributed by atoms with E-state index in [9.17, 15) is 39.0 Å². The number of aliphatic hydroxyl groups excluding tert-OH is 1. The van der Waals surface area contributed by atoms with Gasteiger partial charge in [0.15, 0.2) is 5.82 Å². The number of carbonyl (C=O) groups excluding carboxylic acids is 2. The van der Waals surface area contributed by atoms with Crippen LogP contribution in [0.15, 0.2) is 94.0 Å². The summed E-state index contributed by atoms with van der Waals surface area (Å²) in [5.41, 5.74) is 4.70. The number of unbranched alkanes of at least 4 members (excludes halogenated alkanes) is 2. The van der Waals surface area contributed by atoms with Gasteiger partial charge in [-0.05, 0) is 106 Å². The number of nitrogens with two attached hydrogens (primary N) is 1. The van der Waals surface area contributed by atoms with E-state index >= 15 is 4.39 Å². The number of aliphatic imine (C=N–C) groups is 1. The first-order valence-corrected chi connectivity index (χ1v) is 28.7. The zero-order chi connectivity index (χ0) is 62.8. The summed E-state index contributed by atoms with van der Waals surface area (Å²) in [6.07, 6.45) is 7.61. The van der Waals surface area contributed by atoms with Gasteiger partial charge in [-0.1, -0.05) is 29.8 Å². The zero-order valence-electron chi connectivity index (χ0n) is 48.5. The number of carbonyl (C=O) groups is 3. The summed E-state index contributed by atoms with van der Waals surface area (Å²) in [6, 6.07) is 17.6. The lowest BCUT2D eigenvalue weighted by Crippen LogP contribution is -2.41. The number of pyridine rings is 2. The summed E-state index contributed by atoms with van der Waals surface area (Å²) in [5.74, 6) is 2.30. The van der Waals surface area contributed by atoms with E-state index in [1.54, 1.807) is 56.5 Å². The Kier molecular flexibility index (Phi) is 26.0. The fourth-order valence-corrected chi connectivity index (χ4v) is 9.00. The Morgan fingerprint density at radius 1 is 0.852 bits per heavy atom. The molecular formula is C61H68ClF2N13O11. The number of aliphatic carboxylic acids is 1. The van der Waals surface area contributed by atoms with Gasteiger partial charge in [0, 0.05) is 60.9 Å². The minimum Gasteiger partial charge on any atom is -0.480 e. The molecule has 88 heavy (non-hydrogen) atoms. The molecule has 0 aliphatic rings. The van der Waals surface area contributed by atoms with Crippen LogP contribution in [0.25, 0.3) is 33.2 Å². The third-order valence-corrected chi connectivity index (χ3v) is 14.0. The van der Waals surface area contributed by atoms with Crippen LogP contribution < -0.4 is 32.1 Å². The van der Waals surface area contributed by atoms with Crippen LogP contribution >= 0.6 is 11.6 Å². The number of fused-ring (bicyclic) bond motifs is 2. The van der Waals surface area contributed by atoms with Crippen molar-refractivity contribution in [1.29, 1.82) is 5.26 Å². The maximum Gasteiger partial charge on any atom is 0.326 e. The number of aromatic nitrogens is 6. The third kappa shape index (κ3) is 20.0. The molecule has 0 unspecified atom stereocenters. The van der Waals surface area contributed by atoms with Gasteiger partial charge in [-0.15, -0.1) is 0 Å². The number of halogens is 3. The van der Waals surface area contributed by atoms with Gasteiger partial charge < -0.3 is 60.7 Å². The van der Waals surface area contributed by atoms with E-state index in [0.29, 0.717) is 99.0 Å². The van der Waals surface area contributed by atoms with E-state index in [1.165, 1.54) is 36.7 Å². The molecule has 4 heterocycles. The molecule has 0 aliphatic carbocycles. The maximum atomic E-state index is 15.5. The first kappa shape index (κ1) is 66.6. The standard InChI is InChI=1S/C61H68ClF2N13O11/c1-37(45-29-41(31-65)10-14-47(45)63)72-57-54(62)38(2)71-51-30-48(64)55(76-56(51)57)43-32-69-61(70-33-43)88-20-5-3-4-18-67-34-44(77-66)36-87-27-26-86-25-24-85-23-22-84-21-19-68-53(79)17-16-50(60(82)83)74-58(80)42-12-8-39(9-13-42)6-7-40-11-15-49-46(28-40)59(81)75-52(35-78)73-49/h8-15,28-30,32-34,37,50,78H,3-7,16-27,35-36,66H2,1-2H3,(H,68,79)(H,71,72)(H,74,80)(H,82,83)(H,73,75,81)/b67-34?,77-44+/t37-,50+/m1/s1. The Bertz CT molecular complexity index is 3670. The Balaban J connectivity index is 0.671. The molecule has 0 aliphatic heterocycles. The highest BCUT2D eigenvalue weighted by Gasteiger charge is 2.23. The fraction of sp³-hybridized carbons (Fsp3) is 0.377. The van der Waals surface area contributed by atoms with Gasteiger partial charge in [-0.25, -0.2) is 38.5 Å². The molecule has 0 spiro atoms. The number of rotatable bonds is 36. The molecule has 8 N–H and O–H groups in total. The smallest absolute Gasteiger partial charge is 0.326 e. The Labute approximate surface area is 510 Å². The molecule has 0 radical (unpaired) electrons. The minimum absolute atomic E-state index is 0.0500. The lowest BCUT2D eigenvalue weighted by molar-refractivity contribution is -0.139. The summed E-state index contributed by atoms with van der Waals surface area (Å²) in [5, 5.41) is 41.1. The van der Waals surface area contributed by atoms with Crippen molar-refractivity contribution in [3.8, 4) is 23.3 Å². The SMILES string of the molecule is Cc1nc2cc(F)c(-c3cnc(OCCCCCN=C/C(COCCOCCOCCOCCNC(=O)CC[C@H](NC(=O)c4ccc(CCc5ccc6nc(CO)[nH]c(=O)c6c5)cc4)C(=O)O)=N\N)nc3)nc2c(N[C@H](C)c2cc(C#N)ccc2F)c1Cl. The van der Waals surface area contributed by atoms with Crippen molar-refractivity contribution in [2.24, 2.45) is 15.9 Å². The zero-order valence-corrected chi connectivity index (χ0v) is 49.3. The van der Waals surface area contributed by atoms with Crippen molar-refractivity contribution in [1.82, 2.24) is 40.5 Å². The number of ether oxygens (including phenoxy) is 5. The number of hydrogen-bond donors (Lipinski definition) is 7. The Morgan fingerprint density at radius 3 is 2.26 bits per heavy atom. The van der Waals surface area contributed by atoms with Crippen molar-refractivity contribution < 1.29 is 57.1 Å². The molecule has 2 amide bonds. The van der Waals surface area contributed by atoms with Crippen LogP contribution in [-0.4, -0.2) is 148 Å². The largest absolute Gasteiger partial charge is 0.480 e. The van der Waals surface area contributed by atoms with Crippen LogP contribution in [0, 0.1) is 29.9 Å². The van der Waals surface area contributed by atoms with E-state index in [-0.39, 0.29) is 108 Å². The number of anilines is 1. The monoisotopic (exact) mass is 1230 g/mol. The second kappa shape index (κ2) is 34.4. The van der Waals surface area contributed by atoms with Gasteiger partial charge in [0.1, 0.15) is 41.2 Å². The predicted octanol–water partition coefficient (Wildman–Crippen LogP) is 6.67. The van der Waals surface area contributed by atoms with Crippen LogP contribution in [0.4, 0.5) is 14.5 Å². The predicted molar refractivity (Wildman–Crippen MR) is 324 cm³/mol. The first-order valence-electron chi connectivity index (χ1n) is 28.3. The highest BCUT2D eigenvalue weighted by atomic mass is 35.5. The molecule has 24 nitrogen and oxygen atoms in total. The maximum absolute atomic E-state index is 15.5. The van der Waals surface area contributed by atoms with E-state index in [0.717, 1.165) is 24.0 Å². The lowest BCUT2D eigenvalue weighted by Gasteiger charge is -2.20. The number of amides is 2. The van der Waals surface area contributed by atoms with E-state index in [4.69, 9.17) is 41.1 Å². The Morgan fingerprint density at radius 2 is 1.56 bits per heavy atom. The molecule has 27 heteroatoms. The van der Waals surface area contributed by atoms with Gasteiger partial charge in [0.25, 0.3) is 11.5 Å². The molecule has 0 bridgehead atoms. The first-order chi connectivity index (χ1) is 42.6. The molecule has 7 aromatic rings. The van der Waals surface area contributed by atoms with Gasteiger partial charge in [-0.2, -0.15) is 10.4 Å². The molecule has 0 fully saturated rings. The van der Waals surface area contributed by atoms with Gasteiger partial charge in [-0.3, -0.25) is 19.4 Å². The summed E-state index contributed by atoms with van der Waals surface area (Å²) < 4.78 is 58.1. The Hall–Kier alpha value is -8.97. The lowest BCUT2D eigenvalue weighted by atomic mass is 10.0. The second-order valence-corrected chi connectivity index (χ2v) is 20.3. The topological polar surface area (TPSA) is 346 Å². The fourth-order valence-electron chi connectivity index (χ4n) is 8.81. The van der Waals surface area contributed by atoms with Gasteiger partial charge in [0.05, 0.1) is 110 Å². The minimum atomic E-state index is -1.28. The van der Waals surface area contributed by atoms with E-state index in [1.807, 2.05) is 12.1 Å². The number of aromatic amines is 1. The van der Waals surface area contributed by atoms with Crippen molar-refractivity contribution in [2.75, 3.05) is 77.9 Å². The molecule has 7 rings (SSSR count). The van der Waals surface area contributed by atoms with E-state index < -0.39 is 35.6 Å². The molecule has 464 valence electrons. The summed E-state index contributed by atoms with van der Waals surface area (Å²) >= 11 is 6.67. The number of carboxylic acids is 1. The number of H-pyrrole nitrogens is 1. The number of aryl methyl sites for hydroxylation is 3. The molecule has 2 atom stereocenters. The van der Waals surface area contributed by atoms with Gasteiger partial charge in [0.2, 0.25) is 5.91 Å². The second-order valence-electron chi connectivity index (χ2n) is 20.0. The number of carboxylic acid groups (broad SMARTS) is 1.